The molecule has 2 N–H and O–H groups in total. The van der Waals surface area contributed by atoms with Crippen LogP contribution in [0.1, 0.15) is 64.2 Å². The first-order valence-electron chi connectivity index (χ1n) is 8.75. The molecule has 4 nitrogen and oxygen atoms in total. The maximum absolute atomic E-state index is 12.4. The molecule has 1 atom stereocenters. The van der Waals surface area contributed by atoms with Crippen LogP contribution >= 0.6 is 11.8 Å². The molecule has 1 aliphatic heterocycles. The number of rotatable bonds is 7. The molecule has 0 bridgehead atoms. The number of amides is 1. The Hall–Kier alpha value is -0.710. The van der Waals surface area contributed by atoms with E-state index in [9.17, 15) is 9.59 Å². The van der Waals surface area contributed by atoms with Crippen molar-refractivity contribution in [2.24, 2.45) is 11.8 Å². The van der Waals surface area contributed by atoms with E-state index in [0.717, 1.165) is 30.8 Å². The summed E-state index contributed by atoms with van der Waals surface area (Å²) in [6.45, 7) is 0. The number of nitrogens with one attached hydrogen (secondary N) is 1. The summed E-state index contributed by atoms with van der Waals surface area (Å²) >= 11 is 1.92. The molecule has 22 heavy (non-hydrogen) atoms. The third kappa shape index (κ3) is 6.19. The van der Waals surface area contributed by atoms with Gasteiger partial charge in [0.25, 0.3) is 0 Å². The molecule has 2 fully saturated rings. The largest absolute Gasteiger partial charge is 0.481 e. The molecule has 0 aromatic heterocycles. The molecule has 1 amide bonds. The highest BCUT2D eigenvalue weighted by Crippen LogP contribution is 2.29. The highest BCUT2D eigenvalue weighted by molar-refractivity contribution is 7.99. The van der Waals surface area contributed by atoms with Crippen molar-refractivity contribution in [1.82, 2.24) is 5.32 Å². The van der Waals surface area contributed by atoms with E-state index in [2.05, 4.69) is 5.32 Å². The standard InChI is InChI=1S/C17H29NO3S/c19-16(20)7-6-15(12-13-4-2-1-3-5-13)18-17(21)14-8-10-22-11-9-14/h13-15H,1-12H2,(H,18,21)(H,19,20). The van der Waals surface area contributed by atoms with Crippen molar-refractivity contribution < 1.29 is 14.7 Å². The fraction of sp³-hybridized carbons (Fsp3) is 0.882. The number of hydrogen-bond donors (Lipinski definition) is 2. The van der Waals surface area contributed by atoms with Crippen molar-refractivity contribution in [2.75, 3.05) is 11.5 Å². The molecule has 0 aromatic carbocycles. The zero-order valence-electron chi connectivity index (χ0n) is 13.4. The summed E-state index contributed by atoms with van der Waals surface area (Å²) in [6, 6.07) is 0.0429. The van der Waals surface area contributed by atoms with Gasteiger partial charge in [0.2, 0.25) is 5.91 Å². The SMILES string of the molecule is O=C(O)CCC(CC1CCCCC1)NC(=O)C1CCSCC1. The minimum atomic E-state index is -0.767. The molecule has 126 valence electrons. The number of carbonyl (C=O) groups excluding carboxylic acids is 1. The molecule has 1 aliphatic carbocycles. The lowest BCUT2D eigenvalue weighted by Gasteiger charge is -2.29. The van der Waals surface area contributed by atoms with Gasteiger partial charge in [-0.05, 0) is 43.1 Å². The summed E-state index contributed by atoms with van der Waals surface area (Å²) in [5.41, 5.74) is 0. The van der Waals surface area contributed by atoms with Crippen molar-refractivity contribution in [2.45, 2.75) is 70.3 Å². The van der Waals surface area contributed by atoms with Crippen LogP contribution in [0.2, 0.25) is 0 Å². The molecular formula is C17H29NO3S. The molecule has 2 rings (SSSR count). The predicted octanol–water partition coefficient (Wildman–Crippen LogP) is 3.45. The van der Waals surface area contributed by atoms with Gasteiger partial charge in [0.1, 0.15) is 0 Å². The summed E-state index contributed by atoms with van der Waals surface area (Å²) in [5, 5.41) is 12.1. The molecule has 5 heteroatoms. The Morgan fingerprint density at radius 1 is 1.09 bits per heavy atom. The number of carbonyl (C=O) groups is 2. The lowest BCUT2D eigenvalue weighted by molar-refractivity contribution is -0.137. The Balaban J connectivity index is 1.84. The van der Waals surface area contributed by atoms with E-state index < -0.39 is 5.97 Å². The van der Waals surface area contributed by atoms with Gasteiger partial charge in [-0.3, -0.25) is 9.59 Å². The second-order valence-electron chi connectivity index (χ2n) is 6.76. The van der Waals surface area contributed by atoms with Gasteiger partial charge in [0, 0.05) is 18.4 Å². The normalized spacial score (nSPS) is 22.2. The van der Waals surface area contributed by atoms with E-state index in [1.165, 1.54) is 32.1 Å². The van der Waals surface area contributed by atoms with Gasteiger partial charge < -0.3 is 10.4 Å². The zero-order chi connectivity index (χ0) is 15.8. The fourth-order valence-electron chi connectivity index (χ4n) is 3.65. The van der Waals surface area contributed by atoms with Crippen molar-refractivity contribution >= 4 is 23.6 Å². The molecule has 0 spiro atoms. The average Bonchev–Trinajstić information content (AvgIpc) is 2.54. The monoisotopic (exact) mass is 327 g/mol. The van der Waals surface area contributed by atoms with Gasteiger partial charge in [-0.1, -0.05) is 32.1 Å². The van der Waals surface area contributed by atoms with Crippen molar-refractivity contribution in [3.63, 3.8) is 0 Å². The first kappa shape index (κ1) is 17.6. The highest BCUT2D eigenvalue weighted by atomic mass is 32.2. The van der Waals surface area contributed by atoms with Crippen LogP contribution in [0.5, 0.6) is 0 Å². The zero-order valence-corrected chi connectivity index (χ0v) is 14.2. The molecule has 1 heterocycles. The molecule has 0 radical (unpaired) electrons. The lowest BCUT2D eigenvalue weighted by atomic mass is 9.83. The average molecular weight is 327 g/mol. The second kappa shape index (κ2) is 9.43. The van der Waals surface area contributed by atoms with Crippen molar-refractivity contribution in [3.8, 4) is 0 Å². The maximum atomic E-state index is 12.4. The van der Waals surface area contributed by atoms with Crippen molar-refractivity contribution in [1.29, 1.82) is 0 Å². The first-order valence-corrected chi connectivity index (χ1v) is 9.90. The van der Waals surface area contributed by atoms with Crippen LogP contribution < -0.4 is 5.32 Å². The maximum Gasteiger partial charge on any atom is 0.303 e. The Kier molecular flexibility index (Phi) is 7.56. The highest BCUT2D eigenvalue weighted by Gasteiger charge is 2.26. The number of carboxylic acid groups (broad SMARTS) is 1. The minimum absolute atomic E-state index is 0.0429. The van der Waals surface area contributed by atoms with Gasteiger partial charge >= 0.3 is 5.97 Å². The third-order valence-corrected chi connectivity index (χ3v) is 6.04. The quantitative estimate of drug-likeness (QED) is 0.751. The molecule has 1 unspecified atom stereocenters. The summed E-state index contributed by atoms with van der Waals surface area (Å²) in [6.07, 6.45) is 9.96. The summed E-state index contributed by atoms with van der Waals surface area (Å²) in [5.74, 6) is 2.33. The van der Waals surface area contributed by atoms with E-state index in [4.69, 9.17) is 5.11 Å². The van der Waals surface area contributed by atoms with Crippen LogP contribution in [0.15, 0.2) is 0 Å². The van der Waals surface area contributed by atoms with Crippen molar-refractivity contribution in [3.05, 3.63) is 0 Å². The predicted molar refractivity (Wildman–Crippen MR) is 90.0 cm³/mol. The summed E-state index contributed by atoms with van der Waals surface area (Å²) in [4.78, 5) is 23.3. The van der Waals surface area contributed by atoms with Crippen LogP contribution in [0.25, 0.3) is 0 Å². The Bertz CT molecular complexity index is 363. The molecule has 1 saturated carbocycles. The third-order valence-electron chi connectivity index (χ3n) is 4.99. The van der Waals surface area contributed by atoms with Crippen LogP contribution in [0, 0.1) is 11.8 Å². The summed E-state index contributed by atoms with van der Waals surface area (Å²) < 4.78 is 0. The Morgan fingerprint density at radius 2 is 1.77 bits per heavy atom. The van der Waals surface area contributed by atoms with E-state index in [1.807, 2.05) is 11.8 Å². The van der Waals surface area contributed by atoms with Crippen LogP contribution in [0.3, 0.4) is 0 Å². The first-order chi connectivity index (χ1) is 10.6. The number of carboxylic acids is 1. The summed E-state index contributed by atoms with van der Waals surface area (Å²) in [7, 11) is 0. The number of aliphatic carboxylic acids is 1. The molecular weight excluding hydrogens is 298 g/mol. The van der Waals surface area contributed by atoms with Crippen LogP contribution in [-0.4, -0.2) is 34.5 Å². The Labute approximate surface area is 137 Å². The van der Waals surface area contributed by atoms with E-state index in [1.54, 1.807) is 0 Å². The smallest absolute Gasteiger partial charge is 0.303 e. The van der Waals surface area contributed by atoms with Gasteiger partial charge in [-0.15, -0.1) is 0 Å². The lowest BCUT2D eigenvalue weighted by Crippen LogP contribution is -2.41. The Morgan fingerprint density at radius 3 is 2.41 bits per heavy atom. The molecule has 0 aromatic rings. The van der Waals surface area contributed by atoms with Crippen LogP contribution in [0.4, 0.5) is 0 Å². The number of hydrogen-bond acceptors (Lipinski definition) is 3. The van der Waals surface area contributed by atoms with Gasteiger partial charge in [-0.25, -0.2) is 0 Å². The van der Waals surface area contributed by atoms with E-state index in [-0.39, 0.29) is 24.3 Å². The topological polar surface area (TPSA) is 66.4 Å². The van der Waals surface area contributed by atoms with Gasteiger partial charge in [0.05, 0.1) is 0 Å². The second-order valence-corrected chi connectivity index (χ2v) is 7.99. The molecule has 2 aliphatic rings. The van der Waals surface area contributed by atoms with E-state index in [0.29, 0.717) is 12.3 Å². The van der Waals surface area contributed by atoms with Crippen LogP contribution in [-0.2, 0) is 9.59 Å². The fourth-order valence-corrected chi connectivity index (χ4v) is 4.76. The van der Waals surface area contributed by atoms with Gasteiger partial charge in [0.15, 0.2) is 0 Å². The minimum Gasteiger partial charge on any atom is -0.481 e. The van der Waals surface area contributed by atoms with Gasteiger partial charge in [-0.2, -0.15) is 11.8 Å². The van der Waals surface area contributed by atoms with E-state index >= 15 is 0 Å². The molecule has 1 saturated heterocycles. The number of thioether (sulfide) groups is 1.